The van der Waals surface area contributed by atoms with Crippen molar-refractivity contribution in [3.63, 3.8) is 0 Å². The van der Waals surface area contributed by atoms with Gasteiger partial charge in [0.05, 0.1) is 24.0 Å². The second kappa shape index (κ2) is 11.4. The molecule has 3 amide bonds. The number of esters is 1. The summed E-state index contributed by atoms with van der Waals surface area (Å²) in [4.78, 5) is 53.4. The number of halogens is 2. The largest absolute Gasteiger partial charge is 0.462 e. The third kappa shape index (κ3) is 4.39. The van der Waals surface area contributed by atoms with Crippen molar-refractivity contribution in [3.8, 4) is 0 Å². The summed E-state index contributed by atoms with van der Waals surface area (Å²) < 4.78 is 5.31. The molecule has 0 radical (unpaired) electrons. The summed E-state index contributed by atoms with van der Waals surface area (Å²) in [6.07, 6.45) is 2.81. The van der Waals surface area contributed by atoms with Gasteiger partial charge < -0.3 is 10.1 Å². The van der Waals surface area contributed by atoms with Crippen molar-refractivity contribution < 1.29 is 23.9 Å². The Morgan fingerprint density at radius 2 is 1.30 bits per heavy atom. The maximum atomic E-state index is 14.4. The van der Waals surface area contributed by atoms with Gasteiger partial charge in [0.25, 0.3) is 0 Å². The van der Waals surface area contributed by atoms with Crippen LogP contribution in [0.1, 0.15) is 72.6 Å². The summed E-state index contributed by atoms with van der Waals surface area (Å²) in [7, 11) is 0. The predicted molar refractivity (Wildman–Crippen MR) is 168 cm³/mol. The van der Waals surface area contributed by atoms with Gasteiger partial charge in [-0.15, -0.1) is 23.2 Å². The molecule has 1 fully saturated rings. The number of alkyl halides is 2. The molecule has 4 aliphatic rings. The van der Waals surface area contributed by atoms with E-state index in [0.717, 1.165) is 24.2 Å². The van der Waals surface area contributed by atoms with Gasteiger partial charge in [-0.25, -0.2) is 4.79 Å². The smallest absolute Gasteiger partial charge is 0.338 e. The van der Waals surface area contributed by atoms with E-state index in [1.165, 1.54) is 0 Å². The summed E-state index contributed by atoms with van der Waals surface area (Å²) in [5.74, 6) is -4.38. The highest BCUT2D eigenvalue weighted by Gasteiger charge is 2.73. The zero-order valence-electron chi connectivity index (χ0n) is 24.8. The van der Waals surface area contributed by atoms with Crippen LogP contribution >= 0.6 is 23.2 Å². The number of hydrogen-bond acceptors (Lipinski definition) is 5. The van der Waals surface area contributed by atoms with Crippen molar-refractivity contribution in [2.24, 2.45) is 17.8 Å². The zero-order valence-corrected chi connectivity index (χ0v) is 26.3. The molecule has 2 bridgehead atoms. The number of rotatable bonds is 9. The van der Waals surface area contributed by atoms with Crippen LogP contribution in [-0.2, 0) is 28.9 Å². The Labute approximate surface area is 266 Å². The Balaban J connectivity index is 1.30. The Morgan fingerprint density at radius 3 is 1.73 bits per heavy atom. The highest BCUT2D eigenvalue weighted by molar-refractivity contribution is 6.36. The minimum absolute atomic E-state index is 0.352. The first kappa shape index (κ1) is 30.4. The predicted octanol–water partition coefficient (Wildman–Crippen LogP) is 6.59. The second-order valence-corrected chi connectivity index (χ2v) is 13.3. The standard InChI is InChI=1S/C35H34Cl2N2O5/c1-4-5-10-19-44-33(43)21-15-17-22(18-16-21)38-30(40)29(20(2)3)39-31(41)27-28(32(39)42)35(37)24-12-7-6-11-23(24)34(27,36)25-13-8-9-14-26(25)35/h6-9,11-18,20,27-29H,4-5,10,19H2,1-3H3,(H,38,40)/t27-,28-,29+,34?,35?/m1/s1. The SMILES string of the molecule is CCCCCOC(=O)c1ccc(NC(=O)[C@H](C(C)C)N2C(=O)[C@H]3[C@H](C2=O)C2(Cl)c4ccccc4C3(Cl)c3ccccc32)cc1. The van der Waals surface area contributed by atoms with Crippen LogP contribution < -0.4 is 5.32 Å². The maximum Gasteiger partial charge on any atom is 0.338 e. The third-order valence-corrected chi connectivity index (χ3v) is 10.5. The minimum Gasteiger partial charge on any atom is -0.462 e. The van der Waals surface area contributed by atoms with E-state index in [0.29, 0.717) is 40.1 Å². The molecule has 7 nitrogen and oxygen atoms in total. The van der Waals surface area contributed by atoms with Gasteiger partial charge in [-0.05, 0) is 58.9 Å². The van der Waals surface area contributed by atoms with Crippen LogP contribution in [0, 0.1) is 17.8 Å². The van der Waals surface area contributed by atoms with Gasteiger partial charge in [0, 0.05) is 5.69 Å². The first-order valence-corrected chi connectivity index (χ1v) is 15.8. The van der Waals surface area contributed by atoms with Gasteiger partial charge in [-0.1, -0.05) is 82.1 Å². The Morgan fingerprint density at radius 1 is 0.818 bits per heavy atom. The number of carbonyl (C=O) groups excluding carboxylic acids is 4. The van der Waals surface area contributed by atoms with Gasteiger partial charge >= 0.3 is 5.97 Å². The maximum absolute atomic E-state index is 14.4. The molecule has 228 valence electrons. The van der Waals surface area contributed by atoms with Gasteiger partial charge in [0.1, 0.15) is 15.8 Å². The average Bonchev–Trinajstić information content (AvgIpc) is 3.29. The number of nitrogens with zero attached hydrogens (tertiary/aromatic N) is 1. The Kier molecular flexibility index (Phi) is 7.83. The van der Waals surface area contributed by atoms with Crippen molar-refractivity contribution in [1.82, 2.24) is 4.90 Å². The highest BCUT2D eigenvalue weighted by atomic mass is 35.5. The van der Waals surface area contributed by atoms with E-state index >= 15 is 0 Å². The average molecular weight is 634 g/mol. The molecule has 3 aliphatic carbocycles. The molecule has 0 aromatic heterocycles. The molecular formula is C35H34Cl2N2O5. The van der Waals surface area contributed by atoms with Crippen LogP contribution in [0.5, 0.6) is 0 Å². The number of likely N-dealkylation sites (tertiary alicyclic amines) is 1. The molecule has 3 aromatic carbocycles. The lowest BCUT2D eigenvalue weighted by Crippen LogP contribution is -2.57. The number of amides is 3. The fraction of sp³-hybridized carbons (Fsp3) is 0.371. The fourth-order valence-corrected chi connectivity index (χ4v) is 8.28. The van der Waals surface area contributed by atoms with Gasteiger partial charge in [0.15, 0.2) is 0 Å². The lowest BCUT2D eigenvalue weighted by Gasteiger charge is -2.54. The molecule has 3 atom stereocenters. The summed E-state index contributed by atoms with van der Waals surface area (Å²) in [6.45, 7) is 6.00. The highest BCUT2D eigenvalue weighted by Crippen LogP contribution is 2.69. The van der Waals surface area contributed by atoms with Crippen LogP contribution in [0.2, 0.25) is 0 Å². The second-order valence-electron chi connectivity index (χ2n) is 12.1. The third-order valence-electron chi connectivity index (χ3n) is 9.17. The molecule has 7 rings (SSSR count). The van der Waals surface area contributed by atoms with E-state index in [2.05, 4.69) is 12.2 Å². The van der Waals surface area contributed by atoms with Crippen LogP contribution in [0.15, 0.2) is 72.8 Å². The van der Waals surface area contributed by atoms with E-state index in [4.69, 9.17) is 27.9 Å². The fourth-order valence-electron chi connectivity index (χ4n) is 7.19. The molecule has 0 spiro atoms. The molecule has 0 unspecified atom stereocenters. The van der Waals surface area contributed by atoms with E-state index in [1.807, 2.05) is 48.5 Å². The molecule has 1 heterocycles. The summed E-state index contributed by atoms with van der Waals surface area (Å²) in [5, 5.41) is 2.84. The van der Waals surface area contributed by atoms with Crippen LogP contribution in [0.3, 0.4) is 0 Å². The quantitative estimate of drug-likeness (QED) is 0.124. The summed E-state index contributed by atoms with van der Waals surface area (Å²) >= 11 is 15.1. The number of carbonyl (C=O) groups is 4. The molecule has 1 N–H and O–H groups in total. The van der Waals surface area contributed by atoms with Gasteiger partial charge in [0.2, 0.25) is 17.7 Å². The molecular weight excluding hydrogens is 599 g/mol. The first-order chi connectivity index (χ1) is 21.1. The molecule has 1 saturated heterocycles. The molecule has 3 aromatic rings. The normalized spacial score (nSPS) is 25.4. The zero-order chi connectivity index (χ0) is 31.4. The number of nitrogens with one attached hydrogen (secondary N) is 1. The minimum atomic E-state index is -1.32. The number of anilines is 1. The molecule has 44 heavy (non-hydrogen) atoms. The van der Waals surface area contributed by atoms with Crippen LogP contribution in [-0.4, -0.2) is 41.2 Å². The summed E-state index contributed by atoms with van der Waals surface area (Å²) in [6, 6.07) is 20.1. The van der Waals surface area contributed by atoms with E-state index < -0.39 is 57.2 Å². The van der Waals surface area contributed by atoms with E-state index in [9.17, 15) is 19.2 Å². The van der Waals surface area contributed by atoms with Crippen LogP contribution in [0.4, 0.5) is 5.69 Å². The van der Waals surface area contributed by atoms with E-state index in [-0.39, 0.29) is 0 Å². The number of imide groups is 1. The lowest BCUT2D eigenvalue weighted by molar-refractivity contribution is -0.148. The molecule has 1 aliphatic heterocycles. The van der Waals surface area contributed by atoms with Crippen molar-refractivity contribution in [3.05, 3.63) is 101 Å². The van der Waals surface area contributed by atoms with Crippen LogP contribution in [0.25, 0.3) is 0 Å². The Bertz CT molecular complexity index is 1530. The summed E-state index contributed by atoms with van der Waals surface area (Å²) in [5.41, 5.74) is 3.59. The monoisotopic (exact) mass is 632 g/mol. The number of benzene rings is 3. The molecule has 0 saturated carbocycles. The van der Waals surface area contributed by atoms with E-state index in [1.54, 1.807) is 38.1 Å². The lowest BCUT2D eigenvalue weighted by atomic mass is 9.54. The number of hydrogen-bond donors (Lipinski definition) is 1. The molecule has 9 heteroatoms. The number of ether oxygens (including phenoxy) is 1. The van der Waals surface area contributed by atoms with Gasteiger partial charge in [-0.3, -0.25) is 19.3 Å². The van der Waals surface area contributed by atoms with Crippen molar-refractivity contribution in [2.45, 2.75) is 55.8 Å². The topological polar surface area (TPSA) is 92.8 Å². The van der Waals surface area contributed by atoms with Gasteiger partial charge in [-0.2, -0.15) is 0 Å². The first-order valence-electron chi connectivity index (χ1n) is 15.1. The Hall–Kier alpha value is -3.68. The number of unbranched alkanes of at least 4 members (excludes halogenated alkanes) is 2. The van der Waals surface area contributed by atoms with Crippen molar-refractivity contribution in [2.75, 3.05) is 11.9 Å². The van der Waals surface area contributed by atoms with Crippen molar-refractivity contribution >= 4 is 52.6 Å². The van der Waals surface area contributed by atoms with Crippen molar-refractivity contribution in [1.29, 1.82) is 0 Å².